The van der Waals surface area contributed by atoms with Crippen molar-refractivity contribution in [3.63, 3.8) is 0 Å². The molecule has 0 aromatic heterocycles. The topological polar surface area (TPSA) is 84.9 Å². The first-order valence-electron chi connectivity index (χ1n) is 8.03. The van der Waals surface area contributed by atoms with Crippen molar-refractivity contribution >= 4 is 18.0 Å². The highest BCUT2D eigenvalue weighted by Crippen LogP contribution is 2.26. The van der Waals surface area contributed by atoms with E-state index in [0.29, 0.717) is 18.5 Å². The normalized spacial score (nSPS) is 10.5. The quantitative estimate of drug-likeness (QED) is 0.589. The number of carbonyl (C=O) groups is 2. The number of aromatic hydroxyl groups is 1. The Morgan fingerprint density at radius 3 is 2.50 bits per heavy atom. The molecule has 0 saturated carbocycles. The Kier molecular flexibility index (Phi) is 6.79. The standard InChI is InChI=1S/C20H21NO5/c1-25-18-13-16(8-9-17(18)22)20(24)21-12-11-15-5-3-14(4-6-15)7-10-19(23)26-2/h3-10,13,22H,11-12H2,1-2H3,(H,21,24)/b10-7+. The van der Waals surface area contributed by atoms with Crippen LogP contribution in [0.1, 0.15) is 21.5 Å². The summed E-state index contributed by atoms with van der Waals surface area (Å²) in [4.78, 5) is 23.2. The number of amides is 1. The van der Waals surface area contributed by atoms with Gasteiger partial charge in [-0.15, -0.1) is 0 Å². The smallest absolute Gasteiger partial charge is 0.330 e. The van der Waals surface area contributed by atoms with Gasteiger partial charge in [-0.2, -0.15) is 0 Å². The molecule has 26 heavy (non-hydrogen) atoms. The molecule has 6 nitrogen and oxygen atoms in total. The van der Waals surface area contributed by atoms with Crippen molar-refractivity contribution in [1.29, 1.82) is 0 Å². The molecule has 0 unspecified atom stereocenters. The van der Waals surface area contributed by atoms with Crippen molar-refractivity contribution in [2.45, 2.75) is 6.42 Å². The molecule has 0 heterocycles. The SMILES string of the molecule is COC(=O)/C=C/c1ccc(CCNC(=O)c2ccc(O)c(OC)c2)cc1. The first-order valence-corrected chi connectivity index (χ1v) is 8.03. The Morgan fingerprint density at radius 1 is 1.12 bits per heavy atom. The van der Waals surface area contributed by atoms with Gasteiger partial charge in [0.1, 0.15) is 0 Å². The van der Waals surface area contributed by atoms with E-state index >= 15 is 0 Å². The monoisotopic (exact) mass is 355 g/mol. The van der Waals surface area contributed by atoms with Crippen LogP contribution in [-0.2, 0) is 16.0 Å². The third-order valence-electron chi connectivity index (χ3n) is 3.73. The number of phenols is 1. The second-order valence-corrected chi connectivity index (χ2v) is 5.49. The molecule has 6 heteroatoms. The summed E-state index contributed by atoms with van der Waals surface area (Å²) in [7, 11) is 2.76. The third-order valence-corrected chi connectivity index (χ3v) is 3.73. The minimum atomic E-state index is -0.400. The second-order valence-electron chi connectivity index (χ2n) is 5.49. The van der Waals surface area contributed by atoms with Crippen molar-refractivity contribution in [2.24, 2.45) is 0 Å². The fourth-order valence-electron chi connectivity index (χ4n) is 2.27. The van der Waals surface area contributed by atoms with Crippen LogP contribution >= 0.6 is 0 Å². The predicted octanol–water partition coefficient (Wildman–Crippen LogP) is 2.56. The van der Waals surface area contributed by atoms with Gasteiger partial charge in [-0.1, -0.05) is 24.3 Å². The lowest BCUT2D eigenvalue weighted by Gasteiger charge is -2.08. The molecule has 0 spiro atoms. The molecule has 0 aliphatic rings. The maximum Gasteiger partial charge on any atom is 0.330 e. The summed E-state index contributed by atoms with van der Waals surface area (Å²) in [5.41, 5.74) is 2.37. The van der Waals surface area contributed by atoms with Gasteiger partial charge in [0.2, 0.25) is 0 Å². The van der Waals surface area contributed by atoms with E-state index in [1.54, 1.807) is 6.08 Å². The summed E-state index contributed by atoms with van der Waals surface area (Å²) in [5.74, 6) is -0.387. The molecule has 0 aliphatic heterocycles. The Labute approximate surface area is 152 Å². The van der Waals surface area contributed by atoms with E-state index in [2.05, 4.69) is 10.1 Å². The van der Waals surface area contributed by atoms with E-state index in [4.69, 9.17) is 4.74 Å². The molecule has 0 atom stereocenters. The predicted molar refractivity (Wildman–Crippen MR) is 98.2 cm³/mol. The minimum Gasteiger partial charge on any atom is -0.504 e. The molecule has 2 rings (SSSR count). The van der Waals surface area contributed by atoms with Crippen LogP contribution in [0.4, 0.5) is 0 Å². The van der Waals surface area contributed by atoms with Crippen LogP contribution < -0.4 is 10.1 Å². The van der Waals surface area contributed by atoms with Crippen molar-refractivity contribution < 1.29 is 24.2 Å². The molecule has 0 fully saturated rings. The van der Waals surface area contributed by atoms with Gasteiger partial charge in [0.25, 0.3) is 5.91 Å². The zero-order chi connectivity index (χ0) is 18.9. The van der Waals surface area contributed by atoms with E-state index < -0.39 is 5.97 Å². The number of benzene rings is 2. The van der Waals surface area contributed by atoms with Crippen molar-refractivity contribution in [3.8, 4) is 11.5 Å². The Balaban J connectivity index is 1.86. The summed E-state index contributed by atoms with van der Waals surface area (Å²) in [6, 6.07) is 12.1. The number of carbonyl (C=O) groups excluding carboxylic acids is 2. The highest BCUT2D eigenvalue weighted by atomic mass is 16.5. The van der Waals surface area contributed by atoms with Crippen LogP contribution in [-0.4, -0.2) is 37.7 Å². The van der Waals surface area contributed by atoms with Gasteiger partial charge in [-0.25, -0.2) is 4.79 Å². The van der Waals surface area contributed by atoms with Gasteiger partial charge < -0.3 is 19.9 Å². The van der Waals surface area contributed by atoms with Gasteiger partial charge in [-0.3, -0.25) is 4.79 Å². The average Bonchev–Trinajstić information content (AvgIpc) is 2.67. The van der Waals surface area contributed by atoms with Gasteiger partial charge in [-0.05, 0) is 41.8 Å². The summed E-state index contributed by atoms with van der Waals surface area (Å²) in [6.45, 7) is 0.472. The fourth-order valence-corrected chi connectivity index (χ4v) is 2.27. The lowest BCUT2D eigenvalue weighted by Crippen LogP contribution is -2.25. The first kappa shape index (κ1) is 19.1. The highest BCUT2D eigenvalue weighted by Gasteiger charge is 2.09. The molecule has 1 amide bonds. The molecular formula is C20H21NO5. The number of esters is 1. The molecule has 0 aliphatic carbocycles. The Morgan fingerprint density at radius 2 is 1.85 bits per heavy atom. The zero-order valence-corrected chi connectivity index (χ0v) is 14.7. The van der Waals surface area contributed by atoms with Crippen LogP contribution in [0.5, 0.6) is 11.5 Å². The van der Waals surface area contributed by atoms with Gasteiger partial charge in [0.15, 0.2) is 11.5 Å². The van der Waals surface area contributed by atoms with Crippen LogP contribution in [0.2, 0.25) is 0 Å². The molecule has 2 aromatic carbocycles. The Bertz CT molecular complexity index is 796. The van der Waals surface area contributed by atoms with Crippen LogP contribution in [0.15, 0.2) is 48.5 Å². The molecule has 2 N–H and O–H groups in total. The van der Waals surface area contributed by atoms with Crippen LogP contribution in [0.3, 0.4) is 0 Å². The van der Waals surface area contributed by atoms with E-state index in [-0.39, 0.29) is 17.4 Å². The first-order chi connectivity index (χ1) is 12.5. The second kappa shape index (κ2) is 9.27. The fraction of sp³-hybridized carbons (Fsp3) is 0.200. The maximum atomic E-state index is 12.1. The number of hydrogen-bond donors (Lipinski definition) is 2. The maximum absolute atomic E-state index is 12.1. The summed E-state index contributed by atoms with van der Waals surface area (Å²) < 4.78 is 9.54. The average molecular weight is 355 g/mol. The molecule has 0 bridgehead atoms. The summed E-state index contributed by atoms with van der Waals surface area (Å²) in [6.07, 6.45) is 3.71. The summed E-state index contributed by atoms with van der Waals surface area (Å²) in [5, 5.41) is 12.4. The van der Waals surface area contributed by atoms with Crippen LogP contribution in [0, 0.1) is 0 Å². The molecule has 2 aromatic rings. The van der Waals surface area contributed by atoms with E-state index in [9.17, 15) is 14.7 Å². The van der Waals surface area contributed by atoms with Crippen molar-refractivity contribution in [2.75, 3.05) is 20.8 Å². The Hall–Kier alpha value is -3.28. The molecular weight excluding hydrogens is 334 g/mol. The van der Waals surface area contributed by atoms with Crippen molar-refractivity contribution in [3.05, 3.63) is 65.2 Å². The number of ether oxygens (including phenoxy) is 2. The van der Waals surface area contributed by atoms with Gasteiger partial charge in [0.05, 0.1) is 14.2 Å². The lowest BCUT2D eigenvalue weighted by atomic mass is 10.1. The zero-order valence-electron chi connectivity index (χ0n) is 14.7. The van der Waals surface area contributed by atoms with Crippen LogP contribution in [0.25, 0.3) is 6.08 Å². The largest absolute Gasteiger partial charge is 0.504 e. The van der Waals surface area contributed by atoms with E-state index in [1.807, 2.05) is 24.3 Å². The van der Waals surface area contributed by atoms with E-state index in [0.717, 1.165) is 11.1 Å². The third kappa shape index (κ3) is 5.37. The number of methoxy groups -OCH3 is 2. The van der Waals surface area contributed by atoms with Gasteiger partial charge >= 0.3 is 5.97 Å². The lowest BCUT2D eigenvalue weighted by molar-refractivity contribution is -0.134. The number of rotatable bonds is 7. The van der Waals surface area contributed by atoms with Gasteiger partial charge in [0, 0.05) is 18.2 Å². The highest BCUT2D eigenvalue weighted by molar-refractivity contribution is 5.94. The van der Waals surface area contributed by atoms with Crippen molar-refractivity contribution in [1.82, 2.24) is 5.32 Å². The molecule has 136 valence electrons. The molecule has 0 radical (unpaired) electrons. The van der Waals surface area contributed by atoms with E-state index in [1.165, 1.54) is 38.5 Å². The summed E-state index contributed by atoms with van der Waals surface area (Å²) >= 11 is 0. The molecule has 0 saturated heterocycles. The number of phenolic OH excluding ortho intramolecular Hbond substituents is 1. The minimum absolute atomic E-state index is 0.00890. The number of nitrogens with one attached hydrogen (secondary N) is 1. The number of hydrogen-bond acceptors (Lipinski definition) is 5.